The van der Waals surface area contributed by atoms with E-state index in [1.165, 1.54) is 0 Å². The number of nitrogens with zero attached hydrogens (tertiary/aromatic N) is 1. The molecule has 0 aromatic heterocycles. The van der Waals surface area contributed by atoms with Crippen LogP contribution in [0.1, 0.15) is 48.0 Å². The first-order valence-electron chi connectivity index (χ1n) is 8.53. The molecule has 0 saturated carbocycles. The van der Waals surface area contributed by atoms with Crippen LogP contribution < -0.4 is 5.73 Å². The monoisotopic (exact) mass is 344 g/mol. The third-order valence-electron chi connectivity index (χ3n) is 5.04. The summed E-state index contributed by atoms with van der Waals surface area (Å²) in [7, 11) is -1.72. The molecule has 136 valence electrons. The van der Waals surface area contributed by atoms with E-state index in [1.54, 1.807) is 4.90 Å². The molecule has 0 aromatic carbocycles. The van der Waals surface area contributed by atoms with Gasteiger partial charge >= 0.3 is 6.09 Å². The first kappa shape index (κ1) is 20.5. The van der Waals surface area contributed by atoms with Crippen molar-refractivity contribution in [3.05, 3.63) is 0 Å². The van der Waals surface area contributed by atoms with Gasteiger partial charge in [-0.1, -0.05) is 20.8 Å². The van der Waals surface area contributed by atoms with Crippen LogP contribution in [0.25, 0.3) is 0 Å². The molecule has 1 saturated heterocycles. The third kappa shape index (κ3) is 5.47. The molecule has 0 aromatic rings. The molecule has 0 radical (unpaired) electrons. The molecule has 1 fully saturated rings. The molecular formula is C17H36N2O3Si. The Labute approximate surface area is 143 Å². The van der Waals surface area contributed by atoms with Crippen LogP contribution in [-0.2, 0) is 9.16 Å². The fourth-order valence-corrected chi connectivity index (χ4v) is 3.39. The Morgan fingerprint density at radius 3 is 2.09 bits per heavy atom. The zero-order chi connectivity index (χ0) is 18.1. The van der Waals surface area contributed by atoms with Crippen LogP contribution in [0.15, 0.2) is 0 Å². The lowest BCUT2D eigenvalue weighted by Crippen LogP contribution is -2.62. The average Bonchev–Trinajstić information content (AvgIpc) is 2.28. The summed E-state index contributed by atoms with van der Waals surface area (Å²) in [4.78, 5) is 13.8. The zero-order valence-corrected chi connectivity index (χ0v) is 17.3. The summed E-state index contributed by atoms with van der Waals surface area (Å²) in [5.74, 6) is 0. The number of nitrogens with two attached hydrogens (primary N) is 1. The van der Waals surface area contributed by atoms with Crippen molar-refractivity contribution in [1.82, 2.24) is 4.90 Å². The van der Waals surface area contributed by atoms with Crippen LogP contribution in [0, 0.1) is 5.41 Å². The van der Waals surface area contributed by atoms with Gasteiger partial charge in [0, 0.05) is 31.7 Å². The van der Waals surface area contributed by atoms with Crippen molar-refractivity contribution in [3.8, 4) is 0 Å². The Kier molecular flexibility index (Phi) is 5.98. The normalized spacial score (nSPS) is 18.6. The van der Waals surface area contributed by atoms with Crippen LogP contribution in [0.4, 0.5) is 4.79 Å². The first-order chi connectivity index (χ1) is 10.2. The van der Waals surface area contributed by atoms with Crippen LogP contribution in [0.3, 0.4) is 0 Å². The largest absolute Gasteiger partial charge is 0.444 e. The maximum atomic E-state index is 12.0. The maximum Gasteiger partial charge on any atom is 0.410 e. The lowest BCUT2D eigenvalue weighted by Gasteiger charge is -2.50. The molecule has 1 rings (SSSR count). The highest BCUT2D eigenvalue weighted by Crippen LogP contribution is 2.38. The molecule has 0 aliphatic carbocycles. The van der Waals surface area contributed by atoms with Crippen LogP contribution in [0.2, 0.25) is 18.1 Å². The molecule has 6 heteroatoms. The second-order valence-corrected chi connectivity index (χ2v) is 14.2. The second-order valence-electron chi connectivity index (χ2n) is 9.40. The Hall–Kier alpha value is -0.593. The molecule has 0 atom stereocenters. The first-order valence-corrected chi connectivity index (χ1v) is 11.4. The van der Waals surface area contributed by atoms with Crippen molar-refractivity contribution in [2.24, 2.45) is 11.1 Å². The Bertz CT molecular complexity index is 419. The number of hydrogen-bond donors (Lipinski definition) is 1. The van der Waals surface area contributed by atoms with Gasteiger partial charge < -0.3 is 19.8 Å². The van der Waals surface area contributed by atoms with Gasteiger partial charge in [0.15, 0.2) is 8.32 Å². The third-order valence-corrected chi connectivity index (χ3v) is 9.58. The van der Waals surface area contributed by atoms with Gasteiger partial charge in [0.1, 0.15) is 5.60 Å². The summed E-state index contributed by atoms with van der Waals surface area (Å²) in [6.45, 7) is 19.5. The van der Waals surface area contributed by atoms with Crippen LogP contribution in [0.5, 0.6) is 0 Å². The topological polar surface area (TPSA) is 64.8 Å². The number of hydrogen-bond acceptors (Lipinski definition) is 4. The summed E-state index contributed by atoms with van der Waals surface area (Å²) in [6, 6.07) is 0. The molecule has 23 heavy (non-hydrogen) atoms. The SMILES string of the molecule is CC(C)(C)OC(=O)N1CC(CN)(CCO[Si](C)(C)C(C)(C)C)C1. The predicted molar refractivity (Wildman–Crippen MR) is 97.1 cm³/mol. The minimum Gasteiger partial charge on any atom is -0.444 e. The van der Waals surface area contributed by atoms with E-state index in [1.807, 2.05) is 20.8 Å². The van der Waals surface area contributed by atoms with Gasteiger partial charge in [0.2, 0.25) is 0 Å². The minimum absolute atomic E-state index is 0.0146. The van der Waals surface area contributed by atoms with E-state index >= 15 is 0 Å². The zero-order valence-electron chi connectivity index (χ0n) is 16.3. The van der Waals surface area contributed by atoms with Crippen molar-refractivity contribution >= 4 is 14.4 Å². The number of ether oxygens (including phenoxy) is 1. The van der Waals surface area contributed by atoms with Gasteiger partial charge in [-0.05, 0) is 45.3 Å². The summed E-state index contributed by atoms with van der Waals surface area (Å²) in [5, 5.41) is 0.213. The molecule has 0 bridgehead atoms. The van der Waals surface area contributed by atoms with E-state index in [0.29, 0.717) is 19.6 Å². The van der Waals surface area contributed by atoms with Crippen molar-refractivity contribution in [2.75, 3.05) is 26.2 Å². The van der Waals surface area contributed by atoms with Crippen LogP contribution in [-0.4, -0.2) is 51.2 Å². The van der Waals surface area contributed by atoms with Gasteiger partial charge in [0.05, 0.1) is 0 Å². The standard InChI is InChI=1S/C17H36N2O3Si/c1-15(2,3)22-14(20)19-12-17(11-18,13-19)9-10-21-23(7,8)16(4,5)6/h9-13,18H2,1-8H3. The second kappa shape index (κ2) is 6.73. The number of rotatable bonds is 5. The van der Waals surface area contributed by atoms with Crippen molar-refractivity contribution in [1.29, 1.82) is 0 Å². The minimum atomic E-state index is -1.72. The van der Waals surface area contributed by atoms with Gasteiger partial charge in [-0.15, -0.1) is 0 Å². The molecule has 0 spiro atoms. The lowest BCUT2D eigenvalue weighted by atomic mass is 9.77. The summed E-state index contributed by atoms with van der Waals surface area (Å²) >= 11 is 0. The number of likely N-dealkylation sites (tertiary alicyclic amines) is 1. The fourth-order valence-electron chi connectivity index (χ4n) is 2.35. The summed E-state index contributed by atoms with van der Waals surface area (Å²) < 4.78 is 11.7. The van der Waals surface area contributed by atoms with Gasteiger partial charge in [-0.3, -0.25) is 0 Å². The van der Waals surface area contributed by atoms with E-state index < -0.39 is 13.9 Å². The average molecular weight is 345 g/mol. The maximum absolute atomic E-state index is 12.0. The molecule has 1 aliphatic rings. The van der Waals surface area contributed by atoms with E-state index in [9.17, 15) is 4.79 Å². The number of carbonyl (C=O) groups excluding carboxylic acids is 1. The summed E-state index contributed by atoms with van der Waals surface area (Å²) in [6.07, 6.45) is 0.655. The molecule has 5 nitrogen and oxygen atoms in total. The molecule has 1 amide bonds. The molecule has 0 unspecified atom stereocenters. The highest BCUT2D eigenvalue weighted by atomic mass is 28.4. The lowest BCUT2D eigenvalue weighted by molar-refractivity contribution is -0.0383. The van der Waals surface area contributed by atoms with E-state index in [-0.39, 0.29) is 16.5 Å². The fraction of sp³-hybridized carbons (Fsp3) is 0.941. The predicted octanol–water partition coefficient (Wildman–Crippen LogP) is 3.59. The quantitative estimate of drug-likeness (QED) is 0.774. The van der Waals surface area contributed by atoms with E-state index in [2.05, 4.69) is 33.9 Å². The summed E-state index contributed by atoms with van der Waals surface area (Å²) in [5.41, 5.74) is 5.50. The molecular weight excluding hydrogens is 308 g/mol. The highest BCUT2D eigenvalue weighted by molar-refractivity contribution is 6.74. The molecule has 1 aliphatic heterocycles. The molecule has 1 heterocycles. The van der Waals surface area contributed by atoms with Gasteiger partial charge in [0.25, 0.3) is 0 Å². The Morgan fingerprint density at radius 2 is 1.70 bits per heavy atom. The Balaban J connectivity index is 2.47. The van der Waals surface area contributed by atoms with Gasteiger partial charge in [-0.25, -0.2) is 4.79 Å². The number of amides is 1. The van der Waals surface area contributed by atoms with Gasteiger partial charge in [-0.2, -0.15) is 0 Å². The van der Waals surface area contributed by atoms with Crippen molar-refractivity contribution in [3.63, 3.8) is 0 Å². The van der Waals surface area contributed by atoms with E-state index in [4.69, 9.17) is 14.9 Å². The van der Waals surface area contributed by atoms with Crippen LogP contribution >= 0.6 is 0 Å². The van der Waals surface area contributed by atoms with Crippen molar-refractivity contribution < 1.29 is 14.0 Å². The van der Waals surface area contributed by atoms with E-state index in [0.717, 1.165) is 13.0 Å². The smallest absolute Gasteiger partial charge is 0.410 e. The van der Waals surface area contributed by atoms with Crippen molar-refractivity contribution in [2.45, 2.75) is 71.7 Å². The highest BCUT2D eigenvalue weighted by Gasteiger charge is 2.46. The Morgan fingerprint density at radius 1 is 1.17 bits per heavy atom. The molecule has 2 N–H and O–H groups in total. The number of carbonyl (C=O) groups is 1.